The third-order valence-corrected chi connectivity index (χ3v) is 3.79. The van der Waals surface area contributed by atoms with Gasteiger partial charge < -0.3 is 11.1 Å². The molecule has 0 bridgehead atoms. The number of hydrogen-bond acceptors (Lipinski definition) is 4. The van der Waals surface area contributed by atoms with Crippen molar-refractivity contribution in [3.8, 4) is 0 Å². The molecule has 0 aliphatic heterocycles. The van der Waals surface area contributed by atoms with E-state index in [0.29, 0.717) is 11.2 Å². The number of carbonyl (C=O) groups excluding carboxylic acids is 2. The quantitative estimate of drug-likeness (QED) is 0.740. The van der Waals surface area contributed by atoms with Gasteiger partial charge in [-0.2, -0.15) is 0 Å². The summed E-state index contributed by atoms with van der Waals surface area (Å²) >= 11 is 0. The fraction of sp³-hybridized carbons (Fsp3) is 0.111. The van der Waals surface area contributed by atoms with Crippen LogP contribution < -0.4 is 16.6 Å². The van der Waals surface area contributed by atoms with Crippen LogP contribution in [0.2, 0.25) is 0 Å². The highest BCUT2D eigenvalue weighted by Crippen LogP contribution is 2.12. The van der Waals surface area contributed by atoms with Gasteiger partial charge in [0.2, 0.25) is 5.91 Å². The van der Waals surface area contributed by atoms with Gasteiger partial charge in [-0.3, -0.25) is 18.8 Å². The first-order chi connectivity index (χ1) is 12.0. The second-order valence-corrected chi connectivity index (χ2v) is 5.63. The van der Waals surface area contributed by atoms with Crippen molar-refractivity contribution in [1.29, 1.82) is 0 Å². The summed E-state index contributed by atoms with van der Waals surface area (Å²) in [5.74, 6) is -1.43. The van der Waals surface area contributed by atoms with Crippen LogP contribution in [0.4, 0.5) is 0 Å². The maximum Gasteiger partial charge on any atom is 0.270 e. The number of fused-ring (bicyclic) bond motifs is 1. The van der Waals surface area contributed by atoms with Gasteiger partial charge in [0.05, 0.1) is 0 Å². The van der Waals surface area contributed by atoms with Crippen LogP contribution in [0.15, 0.2) is 59.7 Å². The van der Waals surface area contributed by atoms with E-state index in [1.807, 2.05) is 13.0 Å². The van der Waals surface area contributed by atoms with E-state index in [9.17, 15) is 14.4 Å². The predicted octanol–water partition coefficient (Wildman–Crippen LogP) is 0.959. The monoisotopic (exact) mass is 336 g/mol. The number of aryl methyl sites for hydroxylation is 1. The van der Waals surface area contributed by atoms with Gasteiger partial charge >= 0.3 is 0 Å². The highest BCUT2D eigenvalue weighted by atomic mass is 16.2. The lowest BCUT2D eigenvalue weighted by atomic mass is 10.1. The molecule has 1 unspecified atom stereocenters. The van der Waals surface area contributed by atoms with E-state index in [2.05, 4.69) is 10.3 Å². The Morgan fingerprint density at radius 2 is 1.88 bits per heavy atom. The van der Waals surface area contributed by atoms with Gasteiger partial charge in [-0.1, -0.05) is 36.4 Å². The first-order valence-corrected chi connectivity index (χ1v) is 7.60. The van der Waals surface area contributed by atoms with Crippen molar-refractivity contribution in [2.45, 2.75) is 13.0 Å². The molecule has 7 nitrogen and oxygen atoms in total. The number of hydrogen-bond donors (Lipinski definition) is 2. The predicted molar refractivity (Wildman–Crippen MR) is 92.0 cm³/mol. The molecule has 2 aromatic heterocycles. The summed E-state index contributed by atoms with van der Waals surface area (Å²) in [6.07, 6.45) is 2.80. The molecule has 25 heavy (non-hydrogen) atoms. The van der Waals surface area contributed by atoms with E-state index >= 15 is 0 Å². The van der Waals surface area contributed by atoms with Crippen LogP contribution in [-0.2, 0) is 4.79 Å². The van der Waals surface area contributed by atoms with Gasteiger partial charge in [0, 0.05) is 12.4 Å². The molecule has 2 amide bonds. The number of pyridine rings is 1. The Morgan fingerprint density at radius 3 is 2.56 bits per heavy atom. The molecule has 0 saturated heterocycles. The lowest BCUT2D eigenvalue weighted by Crippen LogP contribution is -2.40. The van der Waals surface area contributed by atoms with Gasteiger partial charge in [-0.15, -0.1) is 0 Å². The van der Waals surface area contributed by atoms with Crippen molar-refractivity contribution < 1.29 is 9.59 Å². The largest absolute Gasteiger partial charge is 0.368 e. The summed E-state index contributed by atoms with van der Waals surface area (Å²) in [4.78, 5) is 40.9. The number of rotatable bonds is 4. The lowest BCUT2D eigenvalue weighted by Gasteiger charge is -2.15. The Balaban J connectivity index is 1.98. The average molecular weight is 336 g/mol. The van der Waals surface area contributed by atoms with Crippen molar-refractivity contribution in [3.63, 3.8) is 0 Å². The second kappa shape index (κ2) is 6.56. The SMILES string of the molecule is Cc1ccc2ncc(C(=O)NC(C(N)=O)c3ccccc3)c(=O)n2c1. The zero-order valence-corrected chi connectivity index (χ0v) is 13.5. The fourth-order valence-electron chi connectivity index (χ4n) is 2.51. The van der Waals surface area contributed by atoms with Crippen LogP contribution >= 0.6 is 0 Å². The van der Waals surface area contributed by atoms with Gasteiger partial charge in [-0.05, 0) is 24.1 Å². The van der Waals surface area contributed by atoms with E-state index in [0.717, 1.165) is 5.56 Å². The Hall–Kier alpha value is -3.48. The summed E-state index contributed by atoms with van der Waals surface area (Å²) in [5, 5.41) is 2.50. The molecule has 1 atom stereocenters. The van der Waals surface area contributed by atoms with E-state index < -0.39 is 23.4 Å². The Morgan fingerprint density at radius 1 is 1.16 bits per heavy atom. The van der Waals surface area contributed by atoms with E-state index in [4.69, 9.17) is 5.73 Å². The first kappa shape index (κ1) is 16.4. The lowest BCUT2D eigenvalue weighted by molar-refractivity contribution is -0.120. The molecule has 0 saturated carbocycles. The smallest absolute Gasteiger partial charge is 0.270 e. The minimum absolute atomic E-state index is 0.162. The van der Waals surface area contributed by atoms with Crippen LogP contribution in [0.1, 0.15) is 27.5 Å². The first-order valence-electron chi connectivity index (χ1n) is 7.60. The van der Waals surface area contributed by atoms with Gasteiger partial charge in [0.15, 0.2) is 0 Å². The highest BCUT2D eigenvalue weighted by molar-refractivity contribution is 5.97. The van der Waals surface area contributed by atoms with Crippen molar-refractivity contribution in [2.24, 2.45) is 5.73 Å². The fourth-order valence-corrected chi connectivity index (χ4v) is 2.51. The topological polar surface area (TPSA) is 107 Å². The zero-order chi connectivity index (χ0) is 18.0. The number of aromatic nitrogens is 2. The Kier molecular flexibility index (Phi) is 4.30. The maximum atomic E-state index is 12.6. The molecule has 3 aromatic rings. The number of nitrogens with two attached hydrogens (primary N) is 1. The van der Waals surface area contributed by atoms with Crippen LogP contribution in [0.25, 0.3) is 5.65 Å². The number of nitrogens with zero attached hydrogens (tertiary/aromatic N) is 2. The van der Waals surface area contributed by atoms with Gasteiger partial charge in [0.25, 0.3) is 11.5 Å². The molecule has 7 heteroatoms. The Labute approximate surface area is 143 Å². The van der Waals surface area contributed by atoms with Crippen molar-refractivity contribution in [1.82, 2.24) is 14.7 Å². The minimum atomic E-state index is -1.04. The van der Waals surface area contributed by atoms with Crippen LogP contribution in [0.3, 0.4) is 0 Å². The third-order valence-electron chi connectivity index (χ3n) is 3.79. The van der Waals surface area contributed by atoms with Gasteiger partial charge in [0.1, 0.15) is 17.3 Å². The molecule has 0 aliphatic carbocycles. The summed E-state index contributed by atoms with van der Waals surface area (Å²) < 4.78 is 1.30. The zero-order valence-electron chi connectivity index (χ0n) is 13.5. The molecule has 3 rings (SSSR count). The van der Waals surface area contributed by atoms with Crippen LogP contribution in [0, 0.1) is 6.92 Å². The number of carbonyl (C=O) groups is 2. The number of nitrogens with one attached hydrogen (secondary N) is 1. The molecule has 3 N–H and O–H groups in total. The molecule has 0 spiro atoms. The number of primary amides is 1. The number of benzene rings is 1. The molecule has 0 fully saturated rings. The molecule has 2 heterocycles. The molecule has 0 aliphatic rings. The highest BCUT2D eigenvalue weighted by Gasteiger charge is 2.22. The van der Waals surface area contributed by atoms with Crippen molar-refractivity contribution in [3.05, 3.63) is 81.9 Å². The number of amides is 2. The Bertz CT molecular complexity index is 1010. The maximum absolute atomic E-state index is 12.6. The van der Waals surface area contributed by atoms with Crippen LogP contribution in [-0.4, -0.2) is 21.2 Å². The summed E-state index contributed by atoms with van der Waals surface area (Å²) in [5.41, 5.74) is 6.54. The molecule has 0 radical (unpaired) electrons. The second-order valence-electron chi connectivity index (χ2n) is 5.63. The third kappa shape index (κ3) is 3.25. The van der Waals surface area contributed by atoms with Gasteiger partial charge in [-0.25, -0.2) is 4.98 Å². The normalized spacial score (nSPS) is 11.9. The van der Waals surface area contributed by atoms with Crippen LogP contribution in [0.5, 0.6) is 0 Å². The molecular formula is C18H16N4O3. The van der Waals surface area contributed by atoms with E-state index in [1.165, 1.54) is 10.6 Å². The van der Waals surface area contributed by atoms with Crippen molar-refractivity contribution >= 4 is 17.5 Å². The van der Waals surface area contributed by atoms with E-state index in [-0.39, 0.29) is 5.56 Å². The molecule has 126 valence electrons. The standard InChI is InChI=1S/C18H16N4O3/c1-11-7-8-14-20-9-13(18(25)22(14)10-11)17(24)21-15(16(19)23)12-5-3-2-4-6-12/h2-10,15H,1H3,(H2,19,23)(H,21,24). The summed E-state index contributed by atoms with van der Waals surface area (Å²) in [7, 11) is 0. The summed E-state index contributed by atoms with van der Waals surface area (Å²) in [6.45, 7) is 1.83. The minimum Gasteiger partial charge on any atom is -0.368 e. The molecule has 1 aromatic carbocycles. The average Bonchev–Trinajstić information content (AvgIpc) is 2.60. The van der Waals surface area contributed by atoms with Crippen molar-refractivity contribution in [2.75, 3.05) is 0 Å². The summed E-state index contributed by atoms with van der Waals surface area (Å²) in [6, 6.07) is 11.1. The van der Waals surface area contributed by atoms with E-state index in [1.54, 1.807) is 42.6 Å². The molecular weight excluding hydrogens is 320 g/mol.